The number of halogens is 3. The third-order valence-electron chi connectivity index (χ3n) is 8.05. The molecule has 1 saturated heterocycles. The molecule has 6 rings (SSSR count). The minimum atomic E-state index is -4.59. The Balaban J connectivity index is 1.22. The van der Waals surface area contributed by atoms with E-state index in [0.29, 0.717) is 25.3 Å². The highest BCUT2D eigenvalue weighted by Crippen LogP contribution is 2.45. The van der Waals surface area contributed by atoms with Crippen LogP contribution in [-0.2, 0) is 23.7 Å². The summed E-state index contributed by atoms with van der Waals surface area (Å²) in [5.74, 6) is -0.553. The average molecular weight is 498 g/mol. The molecule has 0 radical (unpaired) electrons. The molecule has 5 heterocycles. The molecule has 3 aliphatic rings. The number of aromatic nitrogens is 4. The van der Waals surface area contributed by atoms with Gasteiger partial charge in [0.2, 0.25) is 0 Å². The van der Waals surface area contributed by atoms with Gasteiger partial charge in [-0.25, -0.2) is 9.78 Å². The summed E-state index contributed by atoms with van der Waals surface area (Å²) in [6, 6.07) is 6.64. The number of urea groups is 1. The number of anilines is 1. The molecule has 2 fully saturated rings. The van der Waals surface area contributed by atoms with E-state index in [9.17, 15) is 18.0 Å². The zero-order chi connectivity index (χ0) is 25.1. The lowest BCUT2D eigenvalue weighted by atomic mass is 9.72. The van der Waals surface area contributed by atoms with Crippen molar-refractivity contribution in [3.63, 3.8) is 0 Å². The summed E-state index contributed by atoms with van der Waals surface area (Å²) >= 11 is 0. The fourth-order valence-electron chi connectivity index (χ4n) is 5.85. The second kappa shape index (κ2) is 7.94. The van der Waals surface area contributed by atoms with Gasteiger partial charge in [-0.3, -0.25) is 9.67 Å². The summed E-state index contributed by atoms with van der Waals surface area (Å²) in [6.45, 7) is 1.80. The summed E-state index contributed by atoms with van der Waals surface area (Å²) in [6.07, 6.45) is 4.70. The number of hydrogen-bond donors (Lipinski definition) is 2. The van der Waals surface area contributed by atoms with E-state index in [2.05, 4.69) is 20.4 Å². The van der Waals surface area contributed by atoms with Gasteiger partial charge < -0.3 is 16.0 Å². The third-order valence-corrected chi connectivity index (χ3v) is 8.05. The molecule has 1 unspecified atom stereocenters. The molecule has 1 atom stereocenters. The third kappa shape index (κ3) is 3.59. The molecule has 2 aliphatic heterocycles. The fraction of sp³-hybridized carbons (Fsp3) is 0.440. The fourth-order valence-corrected chi connectivity index (χ4v) is 5.85. The van der Waals surface area contributed by atoms with Crippen LogP contribution < -0.4 is 11.1 Å². The topological polar surface area (TPSA) is 102 Å². The normalized spacial score (nSPS) is 22.5. The summed E-state index contributed by atoms with van der Waals surface area (Å²) in [7, 11) is 0. The van der Waals surface area contributed by atoms with Gasteiger partial charge in [-0.2, -0.15) is 18.3 Å². The summed E-state index contributed by atoms with van der Waals surface area (Å²) in [5, 5.41) is 7.84. The van der Waals surface area contributed by atoms with E-state index in [-0.39, 0.29) is 22.5 Å². The second-order valence-corrected chi connectivity index (χ2v) is 10.1. The number of carbonyl (C=O) groups is 1. The Hall–Kier alpha value is -3.63. The maximum absolute atomic E-state index is 13.3. The van der Waals surface area contributed by atoms with Gasteiger partial charge in [-0.05, 0) is 55.9 Å². The van der Waals surface area contributed by atoms with Gasteiger partial charge >= 0.3 is 12.2 Å². The van der Waals surface area contributed by atoms with Crippen LogP contribution in [0, 0.1) is 0 Å². The van der Waals surface area contributed by atoms with Gasteiger partial charge in [0, 0.05) is 54.9 Å². The average Bonchev–Trinajstić information content (AvgIpc) is 3.53. The van der Waals surface area contributed by atoms with Crippen LogP contribution in [0.2, 0.25) is 0 Å². The van der Waals surface area contributed by atoms with E-state index < -0.39 is 17.6 Å². The number of nitrogens with one attached hydrogen (secondary N) is 1. The van der Waals surface area contributed by atoms with E-state index in [1.54, 1.807) is 6.20 Å². The number of aryl methyl sites for hydroxylation is 1. The second-order valence-electron chi connectivity index (χ2n) is 10.1. The highest BCUT2D eigenvalue weighted by molar-refractivity contribution is 5.76. The SMILES string of the molecule is Nc1ncc(-c2cc3n(n2)CCC32CCN(C(=O)NC3(c4cccnc4)CCC3)C2)cc1C(F)(F)F. The molecule has 11 heteroatoms. The molecular weight excluding hydrogens is 471 g/mol. The molecule has 1 saturated carbocycles. The number of pyridine rings is 2. The van der Waals surface area contributed by atoms with Crippen LogP contribution in [0.4, 0.5) is 23.8 Å². The lowest BCUT2D eigenvalue weighted by molar-refractivity contribution is -0.137. The Morgan fingerprint density at radius 2 is 1.92 bits per heavy atom. The van der Waals surface area contributed by atoms with Crippen molar-refractivity contribution in [3.8, 4) is 11.3 Å². The monoisotopic (exact) mass is 497 g/mol. The largest absolute Gasteiger partial charge is 0.419 e. The molecule has 188 valence electrons. The number of hydrogen-bond acceptors (Lipinski definition) is 5. The van der Waals surface area contributed by atoms with Crippen molar-refractivity contribution in [2.45, 2.75) is 55.8 Å². The Morgan fingerprint density at radius 3 is 2.61 bits per heavy atom. The summed E-state index contributed by atoms with van der Waals surface area (Å²) < 4.78 is 41.8. The van der Waals surface area contributed by atoms with Crippen LogP contribution in [-0.4, -0.2) is 43.8 Å². The molecular formula is C25H26F3N7O. The van der Waals surface area contributed by atoms with Crippen molar-refractivity contribution in [1.82, 2.24) is 30.0 Å². The predicted octanol–water partition coefficient (Wildman–Crippen LogP) is 4.08. The lowest BCUT2D eigenvalue weighted by Crippen LogP contribution is -2.54. The number of likely N-dealkylation sites (tertiary alicyclic amines) is 1. The lowest BCUT2D eigenvalue weighted by Gasteiger charge is -2.43. The molecule has 1 aliphatic carbocycles. The standard InChI is InChI=1S/C25H26F3N7O/c26-25(27,28)18-11-16(13-31-21(18)29)19-12-20-23(7-10-35(20)33-19)6-9-34(15-23)22(36)32-24(4-2-5-24)17-3-1-8-30-14-17/h1,3,8,11-14H,2,4-7,9-10,15H2,(H2,29,31)(H,32,36). The Labute approximate surface area is 205 Å². The van der Waals surface area contributed by atoms with Crippen LogP contribution in [0.25, 0.3) is 11.3 Å². The van der Waals surface area contributed by atoms with E-state index >= 15 is 0 Å². The molecule has 0 aromatic carbocycles. The smallest absolute Gasteiger partial charge is 0.383 e. The zero-order valence-electron chi connectivity index (χ0n) is 19.6. The van der Waals surface area contributed by atoms with E-state index in [0.717, 1.165) is 49.4 Å². The Kier molecular flexibility index (Phi) is 5.03. The number of nitrogens with two attached hydrogens (primary N) is 1. The minimum Gasteiger partial charge on any atom is -0.383 e. The molecule has 2 amide bonds. The zero-order valence-corrected chi connectivity index (χ0v) is 19.6. The Morgan fingerprint density at radius 1 is 1.11 bits per heavy atom. The van der Waals surface area contributed by atoms with E-state index in [1.807, 2.05) is 34.0 Å². The molecule has 8 nitrogen and oxygen atoms in total. The summed E-state index contributed by atoms with van der Waals surface area (Å²) in [4.78, 5) is 23.1. The van der Waals surface area contributed by atoms with Gasteiger partial charge in [0.15, 0.2) is 0 Å². The molecule has 1 spiro atoms. The van der Waals surface area contributed by atoms with Crippen molar-refractivity contribution in [2.24, 2.45) is 0 Å². The number of rotatable bonds is 3. The first-order valence-corrected chi connectivity index (χ1v) is 12.1. The number of alkyl halides is 3. The van der Waals surface area contributed by atoms with Crippen LogP contribution in [0.1, 0.15) is 48.9 Å². The van der Waals surface area contributed by atoms with Gasteiger partial charge in [0.1, 0.15) is 5.82 Å². The maximum atomic E-state index is 13.3. The first-order valence-electron chi connectivity index (χ1n) is 12.1. The predicted molar refractivity (Wildman–Crippen MR) is 126 cm³/mol. The van der Waals surface area contributed by atoms with Gasteiger partial charge in [-0.15, -0.1) is 0 Å². The highest BCUT2D eigenvalue weighted by Gasteiger charge is 2.49. The van der Waals surface area contributed by atoms with E-state index in [4.69, 9.17) is 5.73 Å². The molecule has 3 aromatic rings. The quantitative estimate of drug-likeness (QED) is 0.568. The molecule has 0 bridgehead atoms. The first-order chi connectivity index (χ1) is 17.2. The highest BCUT2D eigenvalue weighted by atomic mass is 19.4. The minimum absolute atomic E-state index is 0.0915. The van der Waals surface area contributed by atoms with Crippen molar-refractivity contribution in [3.05, 3.63) is 59.7 Å². The Bertz CT molecular complexity index is 1320. The van der Waals surface area contributed by atoms with Gasteiger partial charge in [0.25, 0.3) is 0 Å². The molecule has 3 aromatic heterocycles. The van der Waals surface area contributed by atoms with Crippen LogP contribution in [0.5, 0.6) is 0 Å². The number of amides is 2. The van der Waals surface area contributed by atoms with Crippen molar-refractivity contribution < 1.29 is 18.0 Å². The van der Waals surface area contributed by atoms with Crippen LogP contribution in [0.15, 0.2) is 42.9 Å². The number of nitrogen functional groups attached to an aromatic ring is 1. The number of fused-ring (bicyclic) bond motifs is 2. The first kappa shape index (κ1) is 22.8. The molecule has 36 heavy (non-hydrogen) atoms. The maximum Gasteiger partial charge on any atom is 0.419 e. The number of nitrogens with zero attached hydrogens (tertiary/aromatic N) is 5. The van der Waals surface area contributed by atoms with Gasteiger partial charge in [-0.1, -0.05) is 6.07 Å². The van der Waals surface area contributed by atoms with Crippen molar-refractivity contribution in [1.29, 1.82) is 0 Å². The van der Waals surface area contributed by atoms with Crippen molar-refractivity contribution in [2.75, 3.05) is 18.8 Å². The number of carbonyl (C=O) groups excluding carboxylic acids is 1. The van der Waals surface area contributed by atoms with Crippen LogP contribution in [0.3, 0.4) is 0 Å². The van der Waals surface area contributed by atoms with E-state index in [1.165, 1.54) is 6.20 Å². The van der Waals surface area contributed by atoms with Crippen LogP contribution >= 0.6 is 0 Å². The summed E-state index contributed by atoms with van der Waals surface area (Å²) in [5.41, 5.74) is 6.52. The van der Waals surface area contributed by atoms with Crippen molar-refractivity contribution >= 4 is 11.8 Å². The van der Waals surface area contributed by atoms with Gasteiger partial charge in [0.05, 0.1) is 16.8 Å². The molecule has 3 N–H and O–H groups in total.